The molecule has 1 fully saturated rings. The van der Waals surface area contributed by atoms with Crippen molar-refractivity contribution in [2.75, 3.05) is 38.1 Å². The van der Waals surface area contributed by atoms with E-state index in [1.807, 2.05) is 25.5 Å². The van der Waals surface area contributed by atoms with E-state index in [0.29, 0.717) is 6.54 Å². The van der Waals surface area contributed by atoms with E-state index < -0.39 is 0 Å². The van der Waals surface area contributed by atoms with Gasteiger partial charge in [-0.05, 0) is 30.2 Å². The number of hydrogen-bond acceptors (Lipinski definition) is 3. The van der Waals surface area contributed by atoms with Crippen LogP contribution >= 0.6 is 24.0 Å². The van der Waals surface area contributed by atoms with Gasteiger partial charge in [0.2, 0.25) is 0 Å². The number of aryl methyl sites for hydroxylation is 1. The molecular formula is C24H31IN6. The third-order valence-corrected chi connectivity index (χ3v) is 5.56. The van der Waals surface area contributed by atoms with Gasteiger partial charge in [0.25, 0.3) is 0 Å². The molecule has 1 aromatic heterocycles. The number of anilines is 1. The van der Waals surface area contributed by atoms with Gasteiger partial charge in [-0.2, -0.15) is 0 Å². The van der Waals surface area contributed by atoms with E-state index in [1.54, 1.807) is 0 Å². The zero-order chi connectivity index (χ0) is 20.8. The molecule has 0 atom stereocenters. The van der Waals surface area contributed by atoms with Crippen LogP contribution in [0.5, 0.6) is 0 Å². The summed E-state index contributed by atoms with van der Waals surface area (Å²) in [5.74, 6) is 1.95. The second kappa shape index (κ2) is 11.2. The molecule has 6 nitrogen and oxygen atoms in total. The summed E-state index contributed by atoms with van der Waals surface area (Å²) in [6, 6.07) is 19.2. The fourth-order valence-electron chi connectivity index (χ4n) is 3.92. The Balaban J connectivity index is 0.00000272. The molecule has 0 radical (unpaired) electrons. The normalized spacial score (nSPS) is 14.3. The van der Waals surface area contributed by atoms with Gasteiger partial charge in [0.1, 0.15) is 5.82 Å². The summed E-state index contributed by atoms with van der Waals surface area (Å²) in [6.45, 7) is 7.52. The average molecular weight is 530 g/mol. The number of nitrogens with one attached hydrogen (secondary N) is 1. The second-order valence-electron chi connectivity index (χ2n) is 7.67. The minimum Gasteiger partial charge on any atom is -0.368 e. The summed E-state index contributed by atoms with van der Waals surface area (Å²) in [6.07, 6.45) is 3.90. The lowest BCUT2D eigenvalue weighted by molar-refractivity contribution is 0.371. The first-order valence-corrected chi connectivity index (χ1v) is 10.5. The molecule has 0 spiro atoms. The fraction of sp³-hybridized carbons (Fsp3) is 0.333. The molecule has 0 bridgehead atoms. The number of aromatic nitrogens is 2. The summed E-state index contributed by atoms with van der Waals surface area (Å²) in [5, 5.41) is 3.51. The minimum atomic E-state index is 0. The van der Waals surface area contributed by atoms with E-state index in [-0.39, 0.29) is 24.0 Å². The maximum Gasteiger partial charge on any atom is 0.194 e. The number of piperazine rings is 1. The van der Waals surface area contributed by atoms with Gasteiger partial charge in [-0.25, -0.2) is 4.98 Å². The van der Waals surface area contributed by atoms with Gasteiger partial charge >= 0.3 is 0 Å². The van der Waals surface area contributed by atoms with E-state index in [9.17, 15) is 0 Å². The van der Waals surface area contributed by atoms with Crippen LogP contribution in [0.25, 0.3) is 0 Å². The molecule has 0 saturated carbocycles. The first-order chi connectivity index (χ1) is 14.7. The molecule has 3 aromatic rings. The van der Waals surface area contributed by atoms with Crippen molar-refractivity contribution in [3.05, 3.63) is 83.9 Å². The molecule has 1 saturated heterocycles. The molecule has 2 aromatic carbocycles. The highest BCUT2D eigenvalue weighted by Crippen LogP contribution is 2.18. The lowest BCUT2D eigenvalue weighted by Gasteiger charge is -2.37. The highest BCUT2D eigenvalue weighted by Gasteiger charge is 2.20. The van der Waals surface area contributed by atoms with Crippen LogP contribution in [0.4, 0.5) is 5.69 Å². The second-order valence-corrected chi connectivity index (χ2v) is 7.67. The lowest BCUT2D eigenvalue weighted by atomic mass is 10.2. The minimum absolute atomic E-state index is 0. The molecule has 1 N–H and O–H groups in total. The van der Waals surface area contributed by atoms with E-state index >= 15 is 0 Å². The smallest absolute Gasteiger partial charge is 0.194 e. The van der Waals surface area contributed by atoms with Crippen LogP contribution in [0.15, 0.2) is 72.0 Å². The van der Waals surface area contributed by atoms with Crippen molar-refractivity contribution in [3.63, 3.8) is 0 Å². The Bertz CT molecular complexity index is 976. The van der Waals surface area contributed by atoms with Gasteiger partial charge in [-0.15, -0.1) is 24.0 Å². The van der Waals surface area contributed by atoms with E-state index in [0.717, 1.165) is 44.5 Å². The molecule has 1 aliphatic rings. The van der Waals surface area contributed by atoms with Crippen molar-refractivity contribution in [2.45, 2.75) is 20.0 Å². The Morgan fingerprint density at radius 1 is 1.03 bits per heavy atom. The number of halogens is 1. The molecule has 164 valence electrons. The van der Waals surface area contributed by atoms with Crippen LogP contribution in [0.1, 0.15) is 17.0 Å². The Morgan fingerprint density at radius 3 is 2.52 bits per heavy atom. The highest BCUT2D eigenvalue weighted by atomic mass is 127. The van der Waals surface area contributed by atoms with Gasteiger partial charge < -0.3 is 19.7 Å². The molecule has 2 heterocycles. The average Bonchev–Trinajstić information content (AvgIpc) is 3.22. The van der Waals surface area contributed by atoms with E-state index in [4.69, 9.17) is 0 Å². The molecular weight excluding hydrogens is 499 g/mol. The standard InChI is InChI=1S/C24H30N6.HI/c1-20-7-6-10-22(17-20)28-13-15-29(16-14-28)24(25-2)27-18-23-26-11-12-30(23)19-21-8-4-3-5-9-21;/h3-12,17H,13-16,18-19H2,1-2H3,(H,25,27);1H. The van der Waals surface area contributed by atoms with Gasteiger partial charge in [0, 0.05) is 57.9 Å². The Morgan fingerprint density at radius 2 is 1.81 bits per heavy atom. The Kier molecular flexibility index (Phi) is 8.34. The molecule has 0 aliphatic carbocycles. The van der Waals surface area contributed by atoms with E-state index in [2.05, 4.69) is 85.1 Å². The molecule has 4 rings (SSSR count). The molecule has 1 aliphatic heterocycles. The summed E-state index contributed by atoms with van der Waals surface area (Å²) in [5.41, 5.74) is 3.88. The predicted molar refractivity (Wildman–Crippen MR) is 138 cm³/mol. The Hall–Kier alpha value is -2.55. The van der Waals surface area contributed by atoms with Crippen LogP contribution in [0.2, 0.25) is 0 Å². The number of aliphatic imine (C=N–C) groups is 1. The number of imidazole rings is 1. The van der Waals surface area contributed by atoms with Crippen LogP contribution < -0.4 is 10.2 Å². The van der Waals surface area contributed by atoms with Crippen molar-refractivity contribution in [1.29, 1.82) is 0 Å². The number of nitrogens with zero attached hydrogens (tertiary/aromatic N) is 5. The lowest BCUT2D eigenvalue weighted by Crippen LogP contribution is -2.52. The van der Waals surface area contributed by atoms with E-state index in [1.165, 1.54) is 16.8 Å². The van der Waals surface area contributed by atoms with Crippen molar-refractivity contribution in [3.8, 4) is 0 Å². The third kappa shape index (κ3) is 6.00. The van der Waals surface area contributed by atoms with Crippen molar-refractivity contribution in [1.82, 2.24) is 19.8 Å². The molecule has 0 amide bonds. The summed E-state index contributed by atoms with van der Waals surface area (Å²) in [4.78, 5) is 13.8. The predicted octanol–water partition coefficient (Wildman–Crippen LogP) is 3.76. The van der Waals surface area contributed by atoms with Crippen molar-refractivity contribution >= 4 is 35.6 Å². The van der Waals surface area contributed by atoms with Gasteiger partial charge in [0.15, 0.2) is 5.96 Å². The highest BCUT2D eigenvalue weighted by molar-refractivity contribution is 14.0. The summed E-state index contributed by atoms with van der Waals surface area (Å²) in [7, 11) is 1.85. The summed E-state index contributed by atoms with van der Waals surface area (Å²) >= 11 is 0. The quantitative estimate of drug-likeness (QED) is 0.310. The molecule has 31 heavy (non-hydrogen) atoms. The van der Waals surface area contributed by atoms with Gasteiger partial charge in [-0.3, -0.25) is 4.99 Å². The SMILES string of the molecule is CN=C(NCc1nccn1Cc1ccccc1)N1CCN(c2cccc(C)c2)CC1.I. The fourth-order valence-corrected chi connectivity index (χ4v) is 3.92. The van der Waals surface area contributed by atoms with Crippen molar-refractivity contribution in [2.24, 2.45) is 4.99 Å². The monoisotopic (exact) mass is 530 g/mol. The molecule has 7 heteroatoms. The molecule has 0 unspecified atom stereocenters. The number of hydrogen-bond donors (Lipinski definition) is 1. The number of benzene rings is 2. The zero-order valence-corrected chi connectivity index (χ0v) is 20.6. The van der Waals surface area contributed by atoms with Gasteiger partial charge in [-0.1, -0.05) is 42.5 Å². The van der Waals surface area contributed by atoms with Gasteiger partial charge in [0.05, 0.1) is 6.54 Å². The Labute approximate surface area is 202 Å². The van der Waals surface area contributed by atoms with Crippen molar-refractivity contribution < 1.29 is 0 Å². The largest absolute Gasteiger partial charge is 0.368 e. The first-order valence-electron chi connectivity index (χ1n) is 10.5. The maximum atomic E-state index is 4.54. The maximum absolute atomic E-state index is 4.54. The summed E-state index contributed by atoms with van der Waals surface area (Å²) < 4.78 is 2.19. The zero-order valence-electron chi connectivity index (χ0n) is 18.2. The third-order valence-electron chi connectivity index (χ3n) is 5.56. The van der Waals surface area contributed by atoms with Crippen LogP contribution in [-0.4, -0.2) is 53.6 Å². The number of rotatable bonds is 5. The van der Waals surface area contributed by atoms with Crippen LogP contribution in [0.3, 0.4) is 0 Å². The number of guanidine groups is 1. The topological polar surface area (TPSA) is 48.7 Å². The first kappa shape index (κ1) is 23.1. The van der Waals surface area contributed by atoms with Crippen LogP contribution in [-0.2, 0) is 13.1 Å². The van der Waals surface area contributed by atoms with Crippen LogP contribution in [0, 0.1) is 6.92 Å².